The second-order valence-electron chi connectivity index (χ2n) is 5.24. The molecule has 5 nitrogen and oxygen atoms in total. The van der Waals surface area contributed by atoms with Gasteiger partial charge in [-0.3, -0.25) is 4.79 Å². The number of halogens is 1. The fraction of sp³-hybridized carbons (Fsp3) is 0.615. The van der Waals surface area contributed by atoms with E-state index in [4.69, 9.17) is 0 Å². The summed E-state index contributed by atoms with van der Waals surface area (Å²) in [6, 6.07) is 1.86. The predicted octanol–water partition coefficient (Wildman–Crippen LogP) is 2.44. The minimum atomic E-state index is -0.303. The maximum Gasteiger partial charge on any atom is 0.242 e. The first-order chi connectivity index (χ1) is 8.95. The lowest BCUT2D eigenvalue weighted by atomic mass is 10.2. The van der Waals surface area contributed by atoms with Gasteiger partial charge in [0, 0.05) is 18.0 Å². The van der Waals surface area contributed by atoms with Crippen molar-refractivity contribution < 1.29 is 4.79 Å². The molecule has 104 valence electrons. The van der Waals surface area contributed by atoms with Crippen LogP contribution < -0.4 is 10.6 Å². The predicted molar refractivity (Wildman–Crippen MR) is 78.1 cm³/mol. The van der Waals surface area contributed by atoms with Crippen LogP contribution in [0.3, 0.4) is 0 Å². The lowest BCUT2D eigenvalue weighted by molar-refractivity contribution is -0.121. The molecule has 6 heteroatoms. The highest BCUT2D eigenvalue weighted by Gasteiger charge is 2.25. The van der Waals surface area contributed by atoms with Gasteiger partial charge in [-0.15, -0.1) is 0 Å². The highest BCUT2D eigenvalue weighted by Crippen LogP contribution is 2.20. The third kappa shape index (κ3) is 4.16. The molecule has 0 aliphatic heterocycles. The number of aromatic nitrogens is 2. The average Bonchev–Trinajstić information content (AvgIpc) is 3.11. The Bertz CT molecular complexity index is 474. The fourth-order valence-electron chi connectivity index (χ4n) is 1.61. The van der Waals surface area contributed by atoms with E-state index in [9.17, 15) is 4.79 Å². The lowest BCUT2D eigenvalue weighted by Gasteiger charge is -2.15. The third-order valence-corrected chi connectivity index (χ3v) is 3.32. The van der Waals surface area contributed by atoms with Gasteiger partial charge in [0.05, 0.1) is 0 Å². The van der Waals surface area contributed by atoms with Gasteiger partial charge in [0.25, 0.3) is 0 Å². The van der Waals surface area contributed by atoms with E-state index in [1.165, 1.54) is 0 Å². The Morgan fingerprint density at radius 1 is 1.37 bits per heavy atom. The number of rotatable bonds is 5. The molecule has 0 bridgehead atoms. The number of hydrogen-bond donors (Lipinski definition) is 2. The van der Waals surface area contributed by atoms with Gasteiger partial charge < -0.3 is 10.6 Å². The lowest BCUT2D eigenvalue weighted by Crippen LogP contribution is -2.38. The zero-order chi connectivity index (χ0) is 14.0. The van der Waals surface area contributed by atoms with Crippen molar-refractivity contribution in [3.63, 3.8) is 0 Å². The first kappa shape index (κ1) is 14.2. The number of carbonyl (C=O) groups excluding carboxylic acids is 1. The topological polar surface area (TPSA) is 66.9 Å². The highest BCUT2D eigenvalue weighted by atomic mass is 79.9. The molecule has 1 aliphatic rings. The van der Waals surface area contributed by atoms with Crippen molar-refractivity contribution in [3.05, 3.63) is 16.5 Å². The van der Waals surface area contributed by atoms with Crippen molar-refractivity contribution in [1.82, 2.24) is 15.3 Å². The van der Waals surface area contributed by atoms with Crippen LogP contribution in [0.25, 0.3) is 0 Å². The minimum absolute atomic E-state index is 0.0170. The maximum absolute atomic E-state index is 11.9. The Morgan fingerprint density at radius 2 is 2.05 bits per heavy atom. The summed E-state index contributed by atoms with van der Waals surface area (Å²) >= 11 is 3.37. The molecule has 1 aromatic heterocycles. The first-order valence-corrected chi connectivity index (χ1v) is 7.36. The van der Waals surface area contributed by atoms with E-state index in [1.54, 1.807) is 6.07 Å². The molecular formula is C13H19BrN4O. The number of nitrogens with one attached hydrogen (secondary N) is 2. The quantitative estimate of drug-likeness (QED) is 0.815. The molecule has 1 aliphatic carbocycles. The van der Waals surface area contributed by atoms with E-state index in [-0.39, 0.29) is 17.9 Å². The highest BCUT2D eigenvalue weighted by molar-refractivity contribution is 9.10. The van der Waals surface area contributed by atoms with Gasteiger partial charge >= 0.3 is 0 Å². The first-order valence-electron chi connectivity index (χ1n) is 6.57. The van der Waals surface area contributed by atoms with E-state index < -0.39 is 0 Å². The number of carbonyl (C=O) groups is 1. The molecule has 0 radical (unpaired) electrons. The smallest absolute Gasteiger partial charge is 0.242 e. The summed E-state index contributed by atoms with van der Waals surface area (Å²) in [7, 11) is 0. The Labute approximate surface area is 121 Å². The molecule has 1 heterocycles. The van der Waals surface area contributed by atoms with Crippen molar-refractivity contribution in [2.24, 2.45) is 0 Å². The van der Waals surface area contributed by atoms with Crippen LogP contribution in [0.2, 0.25) is 0 Å². The Hall–Kier alpha value is -1.17. The van der Waals surface area contributed by atoms with Crippen LogP contribution in [-0.4, -0.2) is 28.0 Å². The summed E-state index contributed by atoms with van der Waals surface area (Å²) in [6.07, 6.45) is 2.18. The zero-order valence-electron chi connectivity index (χ0n) is 11.4. The van der Waals surface area contributed by atoms with Gasteiger partial charge in [-0.25, -0.2) is 9.97 Å². The summed E-state index contributed by atoms with van der Waals surface area (Å²) < 4.78 is 0.725. The van der Waals surface area contributed by atoms with E-state index in [0.717, 1.165) is 23.3 Å². The van der Waals surface area contributed by atoms with Crippen LogP contribution in [0.4, 0.5) is 5.82 Å². The van der Waals surface area contributed by atoms with Crippen LogP contribution in [0.15, 0.2) is 10.7 Å². The molecule has 1 atom stereocenters. The van der Waals surface area contributed by atoms with Gasteiger partial charge in [-0.05, 0) is 35.7 Å². The number of anilines is 1. The van der Waals surface area contributed by atoms with Crippen molar-refractivity contribution in [3.8, 4) is 0 Å². The molecule has 2 rings (SSSR count). The second-order valence-corrected chi connectivity index (χ2v) is 6.05. The molecule has 0 spiro atoms. The second kappa shape index (κ2) is 5.86. The minimum Gasteiger partial charge on any atom is -0.358 e. The summed E-state index contributed by atoms with van der Waals surface area (Å²) in [5, 5.41) is 6.09. The molecule has 1 unspecified atom stereocenters. The van der Waals surface area contributed by atoms with Crippen molar-refractivity contribution in [2.75, 3.05) is 5.32 Å². The fourth-order valence-corrected chi connectivity index (χ4v) is 2.01. The maximum atomic E-state index is 11.9. The molecule has 1 fully saturated rings. The molecule has 0 aromatic carbocycles. The van der Waals surface area contributed by atoms with Gasteiger partial charge in [0.15, 0.2) is 0 Å². The Morgan fingerprint density at radius 3 is 2.63 bits per heavy atom. The van der Waals surface area contributed by atoms with Crippen molar-refractivity contribution >= 4 is 27.7 Å². The SMILES string of the molecule is CC(Nc1cc(Br)nc(C(C)C)n1)C(=O)NC1CC1. The van der Waals surface area contributed by atoms with Gasteiger partial charge in [0.2, 0.25) is 5.91 Å². The summed E-state index contributed by atoms with van der Waals surface area (Å²) in [4.78, 5) is 20.6. The molecule has 1 amide bonds. The van der Waals surface area contributed by atoms with Crippen LogP contribution in [0, 0.1) is 0 Å². The summed E-state index contributed by atoms with van der Waals surface area (Å²) in [5.74, 6) is 1.69. The van der Waals surface area contributed by atoms with Gasteiger partial charge in [-0.1, -0.05) is 13.8 Å². The Balaban J connectivity index is 2.02. The molecule has 0 saturated heterocycles. The molecule has 19 heavy (non-hydrogen) atoms. The number of hydrogen-bond acceptors (Lipinski definition) is 4. The monoisotopic (exact) mass is 326 g/mol. The van der Waals surface area contributed by atoms with Crippen LogP contribution in [0.5, 0.6) is 0 Å². The van der Waals surface area contributed by atoms with Crippen LogP contribution >= 0.6 is 15.9 Å². The zero-order valence-corrected chi connectivity index (χ0v) is 13.0. The van der Waals surface area contributed by atoms with E-state index in [2.05, 4.69) is 36.5 Å². The van der Waals surface area contributed by atoms with E-state index in [1.807, 2.05) is 20.8 Å². The van der Waals surface area contributed by atoms with E-state index in [0.29, 0.717) is 11.9 Å². The summed E-state index contributed by atoms with van der Waals surface area (Å²) in [6.45, 7) is 5.91. The molecule has 1 saturated carbocycles. The average molecular weight is 327 g/mol. The van der Waals surface area contributed by atoms with Crippen LogP contribution in [-0.2, 0) is 4.79 Å². The van der Waals surface area contributed by atoms with Gasteiger partial charge in [0.1, 0.15) is 22.3 Å². The number of amides is 1. The number of nitrogens with zero attached hydrogens (tertiary/aromatic N) is 2. The standard InChI is InChI=1S/C13H19BrN4O/c1-7(2)12-17-10(14)6-11(18-12)15-8(3)13(19)16-9-4-5-9/h6-9H,4-5H2,1-3H3,(H,16,19)(H,15,17,18). The molecule has 2 N–H and O–H groups in total. The summed E-state index contributed by atoms with van der Waals surface area (Å²) in [5.41, 5.74) is 0. The van der Waals surface area contributed by atoms with Crippen LogP contribution in [0.1, 0.15) is 45.4 Å². The van der Waals surface area contributed by atoms with E-state index >= 15 is 0 Å². The Kier molecular flexibility index (Phi) is 4.39. The largest absolute Gasteiger partial charge is 0.358 e. The van der Waals surface area contributed by atoms with Crippen molar-refractivity contribution in [2.45, 2.75) is 51.6 Å². The van der Waals surface area contributed by atoms with Gasteiger partial charge in [-0.2, -0.15) is 0 Å². The normalized spacial score (nSPS) is 16.3. The van der Waals surface area contributed by atoms with Crippen molar-refractivity contribution in [1.29, 1.82) is 0 Å². The molecular weight excluding hydrogens is 308 g/mol. The third-order valence-electron chi connectivity index (χ3n) is 2.91. The molecule has 1 aromatic rings.